The number of carbonyl (C=O) groups is 1. The number of rotatable bonds is 4. The lowest BCUT2D eigenvalue weighted by molar-refractivity contribution is -0.113. The number of para-hydroxylation sites is 1. The Morgan fingerprint density at radius 1 is 1.24 bits per heavy atom. The number of hydrogen-bond donors (Lipinski definition) is 1. The van der Waals surface area contributed by atoms with E-state index in [1.165, 1.54) is 11.8 Å². The smallest absolute Gasteiger partial charge is 0.236 e. The second kappa shape index (κ2) is 5.92. The zero-order chi connectivity index (χ0) is 14.7. The summed E-state index contributed by atoms with van der Waals surface area (Å²) in [6.45, 7) is 1.71. The molecule has 0 saturated heterocycles. The fourth-order valence-electron chi connectivity index (χ4n) is 1.78. The summed E-state index contributed by atoms with van der Waals surface area (Å²) < 4.78 is 4.52. The molecular weight excluding hydrogens is 288 g/mol. The van der Waals surface area contributed by atoms with Crippen molar-refractivity contribution < 1.29 is 9.42 Å². The minimum atomic E-state index is -0.172. The zero-order valence-electron chi connectivity index (χ0n) is 11.2. The first-order valence-corrected chi connectivity index (χ1v) is 7.28. The van der Waals surface area contributed by atoms with E-state index in [-0.39, 0.29) is 11.7 Å². The first kappa shape index (κ1) is 13.6. The van der Waals surface area contributed by atoms with Gasteiger partial charge in [-0.2, -0.15) is 0 Å². The Bertz CT molecular complexity index is 787. The number of hydrogen-bond acceptors (Lipinski definition) is 6. The van der Waals surface area contributed by atoms with Gasteiger partial charge in [0.1, 0.15) is 5.69 Å². The van der Waals surface area contributed by atoms with Crippen LogP contribution in [0, 0.1) is 6.92 Å². The van der Waals surface area contributed by atoms with E-state index in [1.54, 1.807) is 6.92 Å². The first-order chi connectivity index (χ1) is 10.2. The van der Waals surface area contributed by atoms with Crippen molar-refractivity contribution in [1.29, 1.82) is 0 Å². The molecule has 3 rings (SSSR count). The van der Waals surface area contributed by atoms with Gasteiger partial charge in [0.25, 0.3) is 0 Å². The number of fused-ring (bicyclic) bond motifs is 1. The minimum absolute atomic E-state index is 0.172. The van der Waals surface area contributed by atoms with Crippen LogP contribution < -0.4 is 5.32 Å². The molecule has 2 heterocycles. The minimum Gasteiger partial charge on any atom is -0.306 e. The second-order valence-corrected chi connectivity index (χ2v) is 5.37. The number of aromatic nitrogens is 3. The van der Waals surface area contributed by atoms with Crippen LogP contribution in [0.3, 0.4) is 0 Å². The maximum Gasteiger partial charge on any atom is 0.236 e. The molecule has 0 aliphatic carbocycles. The molecule has 0 fully saturated rings. The number of carbonyl (C=O) groups excluding carboxylic acids is 1. The number of pyridine rings is 1. The number of nitrogens with one attached hydrogen (secondary N) is 1. The number of nitrogens with zero attached hydrogens (tertiary/aromatic N) is 3. The van der Waals surface area contributed by atoms with Crippen molar-refractivity contribution in [2.75, 3.05) is 11.1 Å². The lowest BCUT2D eigenvalue weighted by atomic mass is 10.2. The van der Waals surface area contributed by atoms with Crippen LogP contribution in [0.1, 0.15) is 5.69 Å². The second-order valence-electron chi connectivity index (χ2n) is 4.38. The average Bonchev–Trinajstić information content (AvgIpc) is 2.90. The van der Waals surface area contributed by atoms with Crippen LogP contribution in [0.2, 0.25) is 0 Å². The Hall–Kier alpha value is -2.41. The number of aryl methyl sites for hydroxylation is 1. The average molecular weight is 300 g/mol. The van der Waals surface area contributed by atoms with Gasteiger partial charge in [-0.1, -0.05) is 41.2 Å². The van der Waals surface area contributed by atoms with Gasteiger partial charge in [-0.25, -0.2) is 9.61 Å². The third-order valence-electron chi connectivity index (χ3n) is 2.83. The molecule has 0 aliphatic rings. The summed E-state index contributed by atoms with van der Waals surface area (Å²) in [6, 6.07) is 11.8. The van der Waals surface area contributed by atoms with Crippen molar-refractivity contribution in [2.45, 2.75) is 11.9 Å². The maximum atomic E-state index is 11.8. The van der Waals surface area contributed by atoms with E-state index in [9.17, 15) is 4.79 Å². The first-order valence-electron chi connectivity index (χ1n) is 6.30. The molecule has 7 heteroatoms. The summed E-state index contributed by atoms with van der Waals surface area (Å²) in [5, 5.41) is 11.7. The summed E-state index contributed by atoms with van der Waals surface area (Å²) in [6.07, 6.45) is 0. The van der Waals surface area contributed by atoms with Crippen LogP contribution in [0.25, 0.3) is 10.9 Å². The highest BCUT2D eigenvalue weighted by Gasteiger charge is 2.10. The number of thioether (sulfide) groups is 1. The highest BCUT2D eigenvalue weighted by Crippen LogP contribution is 2.20. The Kier molecular flexibility index (Phi) is 3.83. The molecule has 106 valence electrons. The van der Waals surface area contributed by atoms with Crippen molar-refractivity contribution >= 4 is 34.4 Å². The standard InChI is InChI=1S/C14H12N4O2S/c1-9-14(18-20-17-9)16-12(19)8-21-13-7-6-10-4-2-3-5-11(10)15-13/h2-7H,8H2,1H3,(H,16,18,19). The van der Waals surface area contributed by atoms with Crippen molar-refractivity contribution in [3.8, 4) is 0 Å². The lowest BCUT2D eigenvalue weighted by Gasteiger charge is -2.03. The molecule has 1 aromatic carbocycles. The molecule has 0 unspecified atom stereocenters. The Labute approximate surface area is 124 Å². The van der Waals surface area contributed by atoms with E-state index >= 15 is 0 Å². The van der Waals surface area contributed by atoms with Crippen LogP contribution in [0.5, 0.6) is 0 Å². The van der Waals surface area contributed by atoms with Crippen LogP contribution >= 0.6 is 11.8 Å². The quantitative estimate of drug-likeness (QED) is 0.746. The highest BCUT2D eigenvalue weighted by molar-refractivity contribution is 7.99. The van der Waals surface area contributed by atoms with Gasteiger partial charge in [-0.05, 0) is 24.2 Å². The van der Waals surface area contributed by atoms with E-state index < -0.39 is 0 Å². The highest BCUT2D eigenvalue weighted by atomic mass is 32.2. The van der Waals surface area contributed by atoms with Crippen LogP contribution in [-0.2, 0) is 4.79 Å². The molecule has 21 heavy (non-hydrogen) atoms. The van der Waals surface area contributed by atoms with Crippen molar-refractivity contribution in [3.63, 3.8) is 0 Å². The summed E-state index contributed by atoms with van der Waals surface area (Å²) in [5.74, 6) is 0.429. The summed E-state index contributed by atoms with van der Waals surface area (Å²) >= 11 is 1.37. The molecule has 0 radical (unpaired) electrons. The molecule has 0 bridgehead atoms. The van der Waals surface area contributed by atoms with E-state index in [0.29, 0.717) is 11.5 Å². The topological polar surface area (TPSA) is 80.9 Å². The predicted molar refractivity (Wildman–Crippen MR) is 80.1 cm³/mol. The van der Waals surface area contributed by atoms with Gasteiger partial charge in [-0.15, -0.1) is 0 Å². The predicted octanol–water partition coefficient (Wildman–Crippen LogP) is 2.66. The monoisotopic (exact) mass is 300 g/mol. The summed E-state index contributed by atoms with van der Waals surface area (Å²) in [4.78, 5) is 16.3. The maximum absolute atomic E-state index is 11.8. The normalized spacial score (nSPS) is 10.7. The Morgan fingerprint density at radius 2 is 2.10 bits per heavy atom. The molecule has 0 aliphatic heterocycles. The van der Waals surface area contributed by atoms with Gasteiger partial charge in [-0.3, -0.25) is 4.79 Å². The van der Waals surface area contributed by atoms with E-state index in [0.717, 1.165) is 15.9 Å². The molecule has 0 saturated carbocycles. The Balaban J connectivity index is 1.63. The van der Waals surface area contributed by atoms with Gasteiger partial charge >= 0.3 is 0 Å². The van der Waals surface area contributed by atoms with Crippen molar-refractivity contribution in [3.05, 3.63) is 42.1 Å². The zero-order valence-corrected chi connectivity index (χ0v) is 12.1. The molecule has 1 N–H and O–H groups in total. The van der Waals surface area contributed by atoms with Gasteiger partial charge in [0.05, 0.1) is 16.3 Å². The molecule has 6 nitrogen and oxygen atoms in total. The third-order valence-corrected chi connectivity index (χ3v) is 3.76. The number of amides is 1. The Morgan fingerprint density at radius 3 is 2.90 bits per heavy atom. The third kappa shape index (κ3) is 3.19. The molecule has 0 spiro atoms. The van der Waals surface area contributed by atoms with Crippen LogP contribution in [0.4, 0.5) is 5.82 Å². The largest absolute Gasteiger partial charge is 0.306 e. The summed E-state index contributed by atoms with van der Waals surface area (Å²) in [7, 11) is 0. The lowest BCUT2D eigenvalue weighted by Crippen LogP contribution is -2.15. The van der Waals surface area contributed by atoms with Gasteiger partial charge in [0, 0.05) is 5.39 Å². The number of benzene rings is 1. The van der Waals surface area contributed by atoms with Crippen molar-refractivity contribution in [2.24, 2.45) is 0 Å². The van der Waals surface area contributed by atoms with Crippen LogP contribution in [0.15, 0.2) is 46.1 Å². The van der Waals surface area contributed by atoms with Crippen LogP contribution in [-0.4, -0.2) is 27.0 Å². The molecule has 0 atom stereocenters. The molecular formula is C14H12N4O2S. The fraction of sp³-hybridized carbons (Fsp3) is 0.143. The van der Waals surface area contributed by atoms with E-state index in [1.807, 2.05) is 36.4 Å². The fourth-order valence-corrected chi connectivity index (χ4v) is 2.46. The molecule has 1 amide bonds. The van der Waals surface area contributed by atoms with Gasteiger partial charge in [0.2, 0.25) is 5.91 Å². The van der Waals surface area contributed by atoms with E-state index in [2.05, 4.69) is 25.2 Å². The SMILES string of the molecule is Cc1nonc1NC(=O)CSc1ccc2ccccc2n1. The van der Waals surface area contributed by atoms with Crippen molar-refractivity contribution in [1.82, 2.24) is 15.3 Å². The van der Waals surface area contributed by atoms with Gasteiger partial charge < -0.3 is 5.32 Å². The summed E-state index contributed by atoms with van der Waals surface area (Å²) in [5.41, 5.74) is 1.47. The van der Waals surface area contributed by atoms with Gasteiger partial charge in [0.15, 0.2) is 5.82 Å². The molecule has 2 aromatic heterocycles. The molecule has 3 aromatic rings. The van der Waals surface area contributed by atoms with E-state index in [4.69, 9.17) is 0 Å². The number of anilines is 1.